The number of hydrogen-bond donors (Lipinski definition) is 0. The molecule has 0 saturated heterocycles. The van der Waals surface area contributed by atoms with Gasteiger partial charge in [0.05, 0.1) is 5.69 Å². The second-order valence-electron chi connectivity index (χ2n) is 6.97. The molecule has 0 fully saturated rings. The Morgan fingerprint density at radius 2 is 1.72 bits per heavy atom. The highest BCUT2D eigenvalue weighted by molar-refractivity contribution is 7.25. The molecule has 0 unspecified atom stereocenters. The standard InChI is InChI=1S/C24H20N2S.C2H6/c1-16-25-23(22-20-13-6-7-14-21(20)27-24(22)26-16)19-12-8-11-18(15-19)17-9-4-2-3-5-10-17;1-2/h4,6-15H,2-3,5H2,1H3;1-2H3. The molecule has 0 radical (unpaired) electrons. The van der Waals surface area contributed by atoms with Gasteiger partial charge in [-0.05, 0) is 49.5 Å². The normalized spacial score (nSPS) is 13.7. The van der Waals surface area contributed by atoms with E-state index >= 15 is 0 Å². The molecule has 3 heteroatoms. The Kier molecular flexibility index (Phi) is 5.86. The van der Waals surface area contributed by atoms with E-state index in [2.05, 4.69) is 66.8 Å². The van der Waals surface area contributed by atoms with Crippen LogP contribution in [0.1, 0.15) is 44.5 Å². The van der Waals surface area contributed by atoms with Crippen LogP contribution in [-0.4, -0.2) is 9.97 Å². The molecule has 4 aromatic rings. The van der Waals surface area contributed by atoms with Gasteiger partial charge in [-0.1, -0.05) is 68.5 Å². The third-order valence-corrected chi connectivity index (χ3v) is 6.12. The Morgan fingerprint density at radius 1 is 0.897 bits per heavy atom. The molecule has 0 amide bonds. The lowest BCUT2D eigenvalue weighted by molar-refractivity contribution is 0.876. The van der Waals surface area contributed by atoms with Crippen LogP contribution in [0.25, 0.3) is 37.1 Å². The fourth-order valence-electron chi connectivity index (χ4n) is 3.77. The molecule has 0 bridgehead atoms. The van der Waals surface area contributed by atoms with Gasteiger partial charge < -0.3 is 0 Å². The van der Waals surface area contributed by atoms with Crippen molar-refractivity contribution in [2.45, 2.75) is 40.0 Å². The van der Waals surface area contributed by atoms with Crippen molar-refractivity contribution in [2.75, 3.05) is 0 Å². The van der Waals surface area contributed by atoms with E-state index in [4.69, 9.17) is 9.97 Å². The Morgan fingerprint density at radius 3 is 2.62 bits per heavy atom. The maximum absolute atomic E-state index is 4.86. The Bertz CT molecular complexity index is 1210. The molecule has 0 saturated carbocycles. The van der Waals surface area contributed by atoms with Crippen molar-refractivity contribution in [3.05, 3.63) is 78.1 Å². The van der Waals surface area contributed by atoms with E-state index < -0.39 is 0 Å². The van der Waals surface area contributed by atoms with Crippen molar-refractivity contribution in [1.82, 2.24) is 9.97 Å². The van der Waals surface area contributed by atoms with Crippen molar-refractivity contribution in [3.8, 4) is 11.3 Å². The third-order valence-electron chi connectivity index (χ3n) is 5.06. The predicted octanol–water partition coefficient (Wildman–Crippen LogP) is 7.97. The van der Waals surface area contributed by atoms with Gasteiger partial charge in [-0.15, -0.1) is 11.3 Å². The summed E-state index contributed by atoms with van der Waals surface area (Å²) in [6, 6.07) is 17.3. The van der Waals surface area contributed by atoms with E-state index in [1.54, 1.807) is 11.3 Å². The molecule has 0 atom stereocenters. The van der Waals surface area contributed by atoms with Crippen LogP contribution in [0.2, 0.25) is 0 Å². The average Bonchev–Trinajstić information content (AvgIpc) is 2.93. The van der Waals surface area contributed by atoms with Gasteiger partial charge in [0, 0.05) is 21.0 Å². The first-order valence-corrected chi connectivity index (χ1v) is 11.2. The smallest absolute Gasteiger partial charge is 0.128 e. The molecule has 1 aliphatic rings. The number of aryl methyl sites for hydroxylation is 1. The lowest BCUT2D eigenvalue weighted by Crippen LogP contribution is -1.93. The van der Waals surface area contributed by atoms with Gasteiger partial charge in [0.25, 0.3) is 0 Å². The van der Waals surface area contributed by atoms with Crippen molar-refractivity contribution >= 4 is 37.2 Å². The number of thiophene rings is 1. The molecule has 5 rings (SSSR count). The zero-order valence-electron chi connectivity index (χ0n) is 17.3. The summed E-state index contributed by atoms with van der Waals surface area (Å²) >= 11 is 1.75. The average molecular weight is 399 g/mol. The van der Waals surface area contributed by atoms with Crippen LogP contribution in [-0.2, 0) is 0 Å². The lowest BCUT2D eigenvalue weighted by atomic mass is 9.99. The second-order valence-corrected chi connectivity index (χ2v) is 8.00. The lowest BCUT2D eigenvalue weighted by Gasteiger charge is -2.08. The van der Waals surface area contributed by atoms with E-state index in [0.717, 1.165) is 34.8 Å². The van der Waals surface area contributed by atoms with E-state index in [-0.39, 0.29) is 0 Å². The van der Waals surface area contributed by atoms with Gasteiger partial charge in [-0.2, -0.15) is 0 Å². The van der Waals surface area contributed by atoms with E-state index in [9.17, 15) is 0 Å². The van der Waals surface area contributed by atoms with Crippen LogP contribution in [0.3, 0.4) is 0 Å². The molecule has 2 nitrogen and oxygen atoms in total. The molecule has 2 aromatic heterocycles. The topological polar surface area (TPSA) is 25.8 Å². The second kappa shape index (κ2) is 8.71. The number of benzene rings is 2. The van der Waals surface area contributed by atoms with Gasteiger partial charge in [-0.25, -0.2) is 9.97 Å². The van der Waals surface area contributed by atoms with E-state index in [1.165, 1.54) is 33.0 Å². The highest BCUT2D eigenvalue weighted by atomic mass is 32.1. The number of allylic oxidation sites excluding steroid dienone is 4. The molecule has 2 aromatic carbocycles. The maximum Gasteiger partial charge on any atom is 0.128 e. The highest BCUT2D eigenvalue weighted by Crippen LogP contribution is 2.38. The monoisotopic (exact) mass is 398 g/mol. The van der Waals surface area contributed by atoms with Crippen LogP contribution in [0.15, 0.2) is 66.8 Å². The van der Waals surface area contributed by atoms with Gasteiger partial charge >= 0.3 is 0 Å². The molecular formula is C26H26N2S. The zero-order chi connectivity index (χ0) is 20.2. The van der Waals surface area contributed by atoms with Gasteiger partial charge in [0.2, 0.25) is 0 Å². The minimum absolute atomic E-state index is 0.822. The minimum atomic E-state index is 0.822. The maximum atomic E-state index is 4.86. The van der Waals surface area contributed by atoms with Crippen LogP contribution in [0.4, 0.5) is 0 Å². The van der Waals surface area contributed by atoms with E-state index in [1.807, 2.05) is 20.8 Å². The summed E-state index contributed by atoms with van der Waals surface area (Å²) in [7, 11) is 0. The van der Waals surface area contributed by atoms with Crippen LogP contribution in [0, 0.1) is 6.92 Å². The first-order valence-electron chi connectivity index (χ1n) is 10.4. The Hall–Kier alpha value is -2.78. The van der Waals surface area contributed by atoms with Crippen molar-refractivity contribution in [1.29, 1.82) is 0 Å². The van der Waals surface area contributed by atoms with Crippen molar-refractivity contribution in [2.24, 2.45) is 0 Å². The molecule has 0 spiro atoms. The molecular weight excluding hydrogens is 372 g/mol. The Labute approximate surface area is 176 Å². The third kappa shape index (κ3) is 3.88. The summed E-state index contributed by atoms with van der Waals surface area (Å²) < 4.78 is 1.26. The first kappa shape index (κ1) is 19.5. The quantitative estimate of drug-likeness (QED) is 0.342. The molecule has 2 heterocycles. The summed E-state index contributed by atoms with van der Waals surface area (Å²) in [5.41, 5.74) is 4.77. The summed E-state index contributed by atoms with van der Waals surface area (Å²) in [6.45, 7) is 5.98. The summed E-state index contributed by atoms with van der Waals surface area (Å²) in [4.78, 5) is 10.6. The fourth-order valence-corrected chi connectivity index (χ4v) is 4.89. The largest absolute Gasteiger partial charge is 0.232 e. The van der Waals surface area contributed by atoms with Gasteiger partial charge in [-0.3, -0.25) is 0 Å². The minimum Gasteiger partial charge on any atom is -0.232 e. The molecule has 1 aliphatic carbocycles. The van der Waals surface area contributed by atoms with Crippen LogP contribution >= 0.6 is 11.3 Å². The van der Waals surface area contributed by atoms with Crippen LogP contribution in [0.5, 0.6) is 0 Å². The van der Waals surface area contributed by atoms with Crippen molar-refractivity contribution < 1.29 is 0 Å². The molecule has 29 heavy (non-hydrogen) atoms. The van der Waals surface area contributed by atoms with Gasteiger partial charge in [0.1, 0.15) is 10.7 Å². The molecule has 0 N–H and O–H groups in total. The predicted molar refractivity (Wildman–Crippen MR) is 127 cm³/mol. The van der Waals surface area contributed by atoms with Crippen LogP contribution < -0.4 is 0 Å². The number of aromatic nitrogens is 2. The number of rotatable bonds is 2. The fraction of sp³-hybridized carbons (Fsp3) is 0.231. The number of hydrogen-bond acceptors (Lipinski definition) is 3. The number of nitrogens with zero attached hydrogens (tertiary/aromatic N) is 2. The summed E-state index contributed by atoms with van der Waals surface area (Å²) in [6.07, 6.45) is 10.4. The van der Waals surface area contributed by atoms with Crippen molar-refractivity contribution in [3.63, 3.8) is 0 Å². The summed E-state index contributed by atoms with van der Waals surface area (Å²) in [5.74, 6) is 0.822. The number of fused-ring (bicyclic) bond motifs is 3. The summed E-state index contributed by atoms with van der Waals surface area (Å²) in [5, 5.41) is 2.41. The molecule has 0 aliphatic heterocycles. The highest BCUT2D eigenvalue weighted by Gasteiger charge is 2.15. The zero-order valence-corrected chi connectivity index (χ0v) is 18.1. The Balaban J connectivity index is 0.000000994. The first-order chi connectivity index (χ1) is 14.3. The van der Waals surface area contributed by atoms with Gasteiger partial charge in [0.15, 0.2) is 0 Å². The van der Waals surface area contributed by atoms with E-state index in [0.29, 0.717) is 0 Å². The SMILES string of the molecule is CC.Cc1nc(-c2cccc(C3=CCCCC=C3)c2)c2c(n1)sc1ccccc12. The molecule has 146 valence electrons.